The molecule has 0 bridgehead atoms. The molecule has 0 radical (unpaired) electrons. The van der Waals surface area contributed by atoms with E-state index in [0.717, 1.165) is 0 Å². The van der Waals surface area contributed by atoms with Crippen LogP contribution >= 0.6 is 0 Å². The van der Waals surface area contributed by atoms with Gasteiger partial charge in [0, 0.05) is 13.0 Å². The summed E-state index contributed by atoms with van der Waals surface area (Å²) in [7, 11) is 0. The molecule has 9 heavy (non-hydrogen) atoms. The third-order valence-corrected chi connectivity index (χ3v) is 1.39. The maximum atomic E-state index is 10.6. The minimum Gasteiger partial charge on any atom is -0.480 e. The number of carbonyl (C=O) groups is 1. The second-order valence-corrected chi connectivity index (χ2v) is 2.17. The van der Waals surface area contributed by atoms with Crippen LogP contribution in [-0.2, 0) is 4.79 Å². The SMILES string of the molecule is [2H]OC(=O)[C@@H]1CC(O)CN1. The summed E-state index contributed by atoms with van der Waals surface area (Å²) in [5.41, 5.74) is 0. The van der Waals surface area contributed by atoms with Crippen molar-refractivity contribution >= 4 is 5.97 Å². The van der Waals surface area contributed by atoms with Gasteiger partial charge in [0.05, 0.1) is 6.10 Å². The largest absolute Gasteiger partial charge is 0.480 e. The number of nitrogens with one attached hydrogen (secondary N) is 1. The second kappa shape index (κ2) is 2.33. The summed E-state index contributed by atoms with van der Waals surface area (Å²) in [6.07, 6.45) is -0.137. The zero-order chi connectivity index (χ0) is 7.56. The smallest absolute Gasteiger partial charge is 0.320 e. The highest BCUT2D eigenvalue weighted by atomic mass is 16.4. The first-order chi connectivity index (χ1) is 4.74. The molecule has 0 aromatic carbocycles. The monoisotopic (exact) mass is 132 g/mol. The summed E-state index contributed by atoms with van der Waals surface area (Å²) in [5.74, 6) is -0.628. The Morgan fingerprint density at radius 3 is 3.11 bits per heavy atom. The fraction of sp³-hybridized carbons (Fsp3) is 0.800. The fourth-order valence-electron chi connectivity index (χ4n) is 0.897. The van der Waals surface area contributed by atoms with Crippen molar-refractivity contribution in [2.45, 2.75) is 18.6 Å². The van der Waals surface area contributed by atoms with Crippen LogP contribution in [0.1, 0.15) is 6.42 Å². The van der Waals surface area contributed by atoms with Gasteiger partial charge < -0.3 is 15.5 Å². The van der Waals surface area contributed by atoms with Gasteiger partial charge in [-0.2, -0.15) is 0 Å². The molecule has 2 atom stereocenters. The summed E-state index contributed by atoms with van der Waals surface area (Å²) in [6.45, 7) is 0.403. The molecule has 1 saturated heterocycles. The number of aliphatic hydroxyl groups excluding tert-OH is 1. The van der Waals surface area contributed by atoms with E-state index in [9.17, 15) is 4.79 Å². The molecule has 0 aromatic heterocycles. The van der Waals surface area contributed by atoms with E-state index in [1.54, 1.807) is 0 Å². The standard InChI is InChI=1S/C5H9NO3/c7-3-1-4(5(8)9)6-2-3/h3-4,6-7H,1-2H2,(H,8,9)/t3?,4-/m0/s1/i/hD. The first-order valence-electron chi connectivity index (χ1n) is 3.23. The predicted molar refractivity (Wildman–Crippen MR) is 30.1 cm³/mol. The molecule has 4 heteroatoms. The van der Waals surface area contributed by atoms with E-state index in [1.165, 1.54) is 0 Å². The third-order valence-electron chi connectivity index (χ3n) is 1.39. The maximum Gasteiger partial charge on any atom is 0.320 e. The van der Waals surface area contributed by atoms with Gasteiger partial charge in [0.2, 0.25) is 0 Å². The summed E-state index contributed by atoms with van der Waals surface area (Å²) >= 11 is 0. The van der Waals surface area contributed by atoms with Crippen molar-refractivity contribution in [1.82, 2.24) is 5.32 Å². The average molecular weight is 132 g/mol. The lowest BCUT2D eigenvalue weighted by Crippen LogP contribution is -2.29. The Morgan fingerprint density at radius 1 is 1.89 bits per heavy atom. The van der Waals surface area contributed by atoms with Crippen LogP contribution in [0.3, 0.4) is 0 Å². The lowest BCUT2D eigenvalue weighted by molar-refractivity contribution is -0.139. The van der Waals surface area contributed by atoms with Crippen LogP contribution in [-0.4, -0.2) is 34.9 Å². The number of hydrogen-bond acceptors (Lipinski definition) is 4. The lowest BCUT2D eigenvalue weighted by Gasteiger charge is -1.99. The number of hydrogen-bond donors (Lipinski definition) is 3. The second-order valence-electron chi connectivity index (χ2n) is 2.17. The van der Waals surface area contributed by atoms with E-state index in [4.69, 9.17) is 6.54 Å². The van der Waals surface area contributed by atoms with Crippen LogP contribution in [0.4, 0.5) is 0 Å². The Kier molecular flexibility index (Phi) is 1.34. The van der Waals surface area contributed by atoms with Crippen molar-refractivity contribution in [2.24, 2.45) is 0 Å². The lowest BCUT2D eigenvalue weighted by atomic mass is 10.2. The third kappa shape index (κ3) is 1.40. The fourth-order valence-corrected chi connectivity index (χ4v) is 0.897. The zero-order valence-electron chi connectivity index (χ0n) is 5.83. The van der Waals surface area contributed by atoms with Crippen molar-refractivity contribution < 1.29 is 15.0 Å². The molecule has 52 valence electrons. The molecule has 1 heterocycles. The van der Waals surface area contributed by atoms with Gasteiger partial charge in [0.25, 0.3) is 1.43 Å². The summed E-state index contributed by atoms with van der Waals surface area (Å²) < 4.78 is 6.27. The van der Waals surface area contributed by atoms with E-state index < -0.39 is 18.1 Å². The number of carboxylic acid groups (broad SMARTS) is 1. The van der Waals surface area contributed by atoms with Gasteiger partial charge in [-0.1, -0.05) is 0 Å². The molecule has 0 amide bonds. The molecular formula is C5H9NO3. The van der Waals surface area contributed by atoms with Crippen molar-refractivity contribution in [3.8, 4) is 0 Å². The first-order valence-corrected chi connectivity index (χ1v) is 2.82. The number of carboxylic acids is 1. The van der Waals surface area contributed by atoms with E-state index >= 15 is 0 Å². The van der Waals surface area contributed by atoms with Crippen LogP contribution in [0.5, 0.6) is 0 Å². The van der Waals surface area contributed by atoms with Crippen LogP contribution in [0.2, 0.25) is 0 Å². The highest BCUT2D eigenvalue weighted by Crippen LogP contribution is 2.05. The van der Waals surface area contributed by atoms with E-state index in [0.29, 0.717) is 13.0 Å². The van der Waals surface area contributed by atoms with Crippen molar-refractivity contribution in [3.63, 3.8) is 0 Å². The number of aliphatic hydroxyl groups is 1. The summed E-state index contributed by atoms with van der Waals surface area (Å²) in [4.78, 5) is 10.6. The number of rotatable bonds is 1. The molecular weight excluding hydrogens is 122 g/mol. The van der Waals surface area contributed by atoms with Crippen LogP contribution in [0.15, 0.2) is 0 Å². The molecule has 0 spiro atoms. The van der Waals surface area contributed by atoms with Gasteiger partial charge in [0.1, 0.15) is 6.04 Å². The predicted octanol–water partition coefficient (Wildman–Crippen LogP) is -1.21. The summed E-state index contributed by atoms with van der Waals surface area (Å²) in [5, 5.41) is 15.3. The van der Waals surface area contributed by atoms with Gasteiger partial charge in [-0.25, -0.2) is 0 Å². The van der Waals surface area contributed by atoms with Gasteiger partial charge in [-0.15, -0.1) is 0 Å². The van der Waals surface area contributed by atoms with Crippen molar-refractivity contribution in [1.29, 1.82) is 1.43 Å². The molecule has 4 nitrogen and oxygen atoms in total. The highest BCUT2D eigenvalue weighted by Gasteiger charge is 2.27. The minimum absolute atomic E-state index is 0.345. The van der Waals surface area contributed by atoms with Crippen molar-refractivity contribution in [2.75, 3.05) is 6.54 Å². The zero-order valence-corrected chi connectivity index (χ0v) is 4.83. The number of aliphatic carboxylic acids is 1. The maximum absolute atomic E-state index is 10.6. The van der Waals surface area contributed by atoms with Gasteiger partial charge >= 0.3 is 5.97 Å². The number of β-amino-alcohol motifs (C(OH)–C–C–N with tert-alkyl or cyclic N) is 1. The topological polar surface area (TPSA) is 69.6 Å². The molecule has 3 N–H and O–H groups in total. The average Bonchev–Trinajstić information content (AvgIpc) is 2.34. The highest BCUT2D eigenvalue weighted by molar-refractivity contribution is 5.73. The quantitative estimate of drug-likeness (QED) is 0.419. The van der Waals surface area contributed by atoms with Gasteiger partial charge in [0.15, 0.2) is 0 Å². The van der Waals surface area contributed by atoms with Gasteiger partial charge in [-0.3, -0.25) is 4.79 Å². The van der Waals surface area contributed by atoms with Crippen LogP contribution in [0, 0.1) is 0 Å². The van der Waals surface area contributed by atoms with Crippen molar-refractivity contribution in [3.05, 3.63) is 0 Å². The van der Waals surface area contributed by atoms with Crippen LogP contribution in [0.25, 0.3) is 1.43 Å². The minimum atomic E-state index is -0.628. The van der Waals surface area contributed by atoms with Crippen LogP contribution < -0.4 is 5.32 Å². The Balaban J connectivity index is 2.37. The Morgan fingerprint density at radius 2 is 2.67 bits per heavy atom. The summed E-state index contributed by atoms with van der Waals surface area (Å²) in [6, 6.07) is -0.493. The normalized spacial score (nSPS) is 35.9. The van der Waals surface area contributed by atoms with E-state index in [1.807, 2.05) is 0 Å². The molecule has 1 fully saturated rings. The molecule has 0 aliphatic carbocycles. The molecule has 0 aromatic rings. The molecule has 1 aliphatic heterocycles. The van der Waals surface area contributed by atoms with E-state index in [-0.39, 0.29) is 0 Å². The molecule has 0 saturated carbocycles. The molecule has 1 unspecified atom stereocenters. The van der Waals surface area contributed by atoms with E-state index in [2.05, 4.69) is 10.4 Å². The molecule has 1 aliphatic rings. The first kappa shape index (κ1) is 5.20. The van der Waals surface area contributed by atoms with Gasteiger partial charge in [-0.05, 0) is 0 Å². The Labute approximate surface area is 54.0 Å². The Bertz CT molecular complexity index is 141. The Hall–Kier alpha value is -0.610. The molecule has 1 rings (SSSR count).